The number of hydrogen-bond acceptors (Lipinski definition) is 4. The van der Waals surface area contributed by atoms with Crippen molar-refractivity contribution in [1.29, 1.82) is 0 Å². The lowest BCUT2D eigenvalue weighted by Crippen LogP contribution is -2.31. The molecule has 2 aliphatic rings. The average Bonchev–Trinajstić information content (AvgIpc) is 3.11. The van der Waals surface area contributed by atoms with Gasteiger partial charge in [-0.1, -0.05) is 18.6 Å². The summed E-state index contributed by atoms with van der Waals surface area (Å²) >= 11 is 0. The number of anilines is 1. The number of nitrogens with two attached hydrogens (primary N) is 1. The second-order valence-electron chi connectivity index (χ2n) is 6.90. The van der Waals surface area contributed by atoms with Crippen LogP contribution in [0.25, 0.3) is 0 Å². The summed E-state index contributed by atoms with van der Waals surface area (Å²) in [7, 11) is 0. The van der Waals surface area contributed by atoms with Gasteiger partial charge in [0.25, 0.3) is 5.91 Å². The number of nitrogens with zero attached hydrogens (tertiary/aromatic N) is 1. The molecule has 0 radical (unpaired) electrons. The first-order valence-corrected chi connectivity index (χ1v) is 9.22. The van der Waals surface area contributed by atoms with E-state index in [1.54, 1.807) is 0 Å². The van der Waals surface area contributed by atoms with Gasteiger partial charge in [0, 0.05) is 18.8 Å². The second-order valence-corrected chi connectivity index (χ2v) is 6.90. The van der Waals surface area contributed by atoms with Gasteiger partial charge in [-0.05, 0) is 62.9 Å². The third kappa shape index (κ3) is 6.71. The van der Waals surface area contributed by atoms with E-state index in [4.69, 9.17) is 10.5 Å². The number of likely N-dealkylation sites (tertiary alicyclic amines) is 1. The molecule has 0 saturated carbocycles. The molecule has 0 spiro atoms. The first-order valence-electron chi connectivity index (χ1n) is 9.22. The minimum absolute atomic E-state index is 0. The molecule has 3 rings (SSSR count). The molecule has 2 saturated heterocycles. The van der Waals surface area contributed by atoms with E-state index in [9.17, 15) is 4.79 Å². The van der Waals surface area contributed by atoms with E-state index in [2.05, 4.69) is 22.3 Å². The number of carbonyl (C=O) groups excluding carboxylic acids is 1. The molecule has 26 heavy (non-hydrogen) atoms. The van der Waals surface area contributed by atoms with Crippen molar-refractivity contribution in [3.8, 4) is 0 Å². The number of nitrogens with one attached hydrogen (secondary N) is 1. The molecule has 7 heteroatoms. The maximum absolute atomic E-state index is 12.2. The van der Waals surface area contributed by atoms with Gasteiger partial charge in [-0.15, -0.1) is 24.8 Å². The van der Waals surface area contributed by atoms with E-state index >= 15 is 0 Å². The van der Waals surface area contributed by atoms with Crippen LogP contribution in [0.1, 0.15) is 37.7 Å². The molecule has 2 heterocycles. The largest absolute Gasteiger partial charge is 0.364 e. The zero-order valence-electron chi connectivity index (χ0n) is 15.2. The molecule has 0 aliphatic carbocycles. The van der Waals surface area contributed by atoms with Crippen LogP contribution in [0.3, 0.4) is 0 Å². The Bertz CT molecular complexity index is 536. The van der Waals surface area contributed by atoms with Crippen LogP contribution < -0.4 is 11.1 Å². The highest BCUT2D eigenvalue weighted by molar-refractivity contribution is 5.94. The molecule has 2 fully saturated rings. The summed E-state index contributed by atoms with van der Waals surface area (Å²) in [5, 5.41) is 2.95. The number of rotatable bonds is 6. The lowest BCUT2D eigenvalue weighted by Gasteiger charge is -2.26. The summed E-state index contributed by atoms with van der Waals surface area (Å²) in [6.07, 6.45) is 6.39. The number of benzene rings is 1. The summed E-state index contributed by atoms with van der Waals surface area (Å²) in [5.74, 6) is -0.0629. The van der Waals surface area contributed by atoms with Crippen molar-refractivity contribution in [2.45, 2.75) is 50.7 Å². The lowest BCUT2D eigenvalue weighted by atomic mass is 10.1. The quantitative estimate of drug-likeness (QED) is 0.765. The van der Waals surface area contributed by atoms with Crippen molar-refractivity contribution < 1.29 is 9.53 Å². The molecule has 2 aliphatic heterocycles. The van der Waals surface area contributed by atoms with E-state index in [-0.39, 0.29) is 42.9 Å². The Morgan fingerprint density at radius 1 is 1.12 bits per heavy atom. The van der Waals surface area contributed by atoms with Gasteiger partial charge in [-0.2, -0.15) is 0 Å². The zero-order valence-corrected chi connectivity index (χ0v) is 16.8. The van der Waals surface area contributed by atoms with Gasteiger partial charge in [-0.3, -0.25) is 4.79 Å². The fraction of sp³-hybridized carbons (Fsp3) is 0.632. The Hall–Kier alpha value is -0.850. The summed E-state index contributed by atoms with van der Waals surface area (Å²) < 4.78 is 5.63. The van der Waals surface area contributed by atoms with Gasteiger partial charge in [0.05, 0.1) is 6.10 Å². The van der Waals surface area contributed by atoms with Gasteiger partial charge in [0.15, 0.2) is 0 Å². The molecule has 5 nitrogen and oxygen atoms in total. The fourth-order valence-corrected chi connectivity index (χ4v) is 3.52. The monoisotopic (exact) mass is 403 g/mol. The highest BCUT2D eigenvalue weighted by Gasteiger charge is 2.29. The maximum atomic E-state index is 12.2. The van der Waals surface area contributed by atoms with E-state index < -0.39 is 0 Å². The van der Waals surface area contributed by atoms with Crippen molar-refractivity contribution in [3.05, 3.63) is 29.8 Å². The highest BCUT2D eigenvalue weighted by atomic mass is 35.5. The van der Waals surface area contributed by atoms with Crippen molar-refractivity contribution in [1.82, 2.24) is 4.90 Å². The lowest BCUT2D eigenvalue weighted by molar-refractivity contribution is -0.126. The van der Waals surface area contributed by atoms with Gasteiger partial charge >= 0.3 is 0 Å². The van der Waals surface area contributed by atoms with E-state index in [1.165, 1.54) is 37.9 Å². The summed E-state index contributed by atoms with van der Waals surface area (Å²) in [6.45, 7) is 4.08. The van der Waals surface area contributed by atoms with Crippen LogP contribution in [0.5, 0.6) is 0 Å². The first kappa shape index (κ1) is 23.2. The van der Waals surface area contributed by atoms with Crippen LogP contribution >= 0.6 is 24.8 Å². The number of halogens is 2. The topological polar surface area (TPSA) is 67.6 Å². The predicted molar refractivity (Wildman–Crippen MR) is 111 cm³/mol. The number of hydrogen-bond donors (Lipinski definition) is 2. The Morgan fingerprint density at radius 3 is 2.42 bits per heavy atom. The first-order chi connectivity index (χ1) is 11.7. The second kappa shape index (κ2) is 11.8. The zero-order chi connectivity index (χ0) is 16.8. The van der Waals surface area contributed by atoms with Crippen LogP contribution in [0.4, 0.5) is 5.69 Å². The van der Waals surface area contributed by atoms with E-state index in [0.717, 1.165) is 31.5 Å². The van der Waals surface area contributed by atoms with Crippen LogP contribution in [0, 0.1) is 0 Å². The Balaban J connectivity index is 0.00000169. The van der Waals surface area contributed by atoms with E-state index in [1.807, 2.05) is 12.1 Å². The molecule has 1 aromatic carbocycles. The molecule has 0 aromatic heterocycles. The van der Waals surface area contributed by atoms with Crippen LogP contribution in [-0.4, -0.2) is 49.2 Å². The molecule has 0 bridgehead atoms. The van der Waals surface area contributed by atoms with Gasteiger partial charge in [0.2, 0.25) is 0 Å². The van der Waals surface area contributed by atoms with Crippen molar-refractivity contribution in [3.63, 3.8) is 0 Å². The molecular formula is C19H31Cl2N3O2. The number of carbonyl (C=O) groups is 1. The van der Waals surface area contributed by atoms with Crippen molar-refractivity contribution in [2.75, 3.05) is 31.5 Å². The Morgan fingerprint density at radius 2 is 1.81 bits per heavy atom. The normalized spacial score (nSPS) is 23.0. The molecule has 3 N–H and O–H groups in total. The average molecular weight is 404 g/mol. The van der Waals surface area contributed by atoms with Crippen LogP contribution in [0.2, 0.25) is 0 Å². The van der Waals surface area contributed by atoms with Gasteiger partial charge in [0.1, 0.15) is 6.10 Å². The highest BCUT2D eigenvalue weighted by Crippen LogP contribution is 2.21. The number of piperidine rings is 1. The molecule has 148 valence electrons. The molecule has 0 unspecified atom stereocenters. The molecule has 1 amide bonds. The molecule has 1 aromatic rings. The van der Waals surface area contributed by atoms with Gasteiger partial charge < -0.3 is 20.7 Å². The Kier molecular flexibility index (Phi) is 10.5. The smallest absolute Gasteiger partial charge is 0.253 e. The number of ether oxygens (including phenoxy) is 1. The number of amides is 1. The molecule has 2 atom stereocenters. The summed E-state index contributed by atoms with van der Waals surface area (Å²) in [5.41, 5.74) is 7.74. The fourth-order valence-electron chi connectivity index (χ4n) is 3.52. The molecular weight excluding hydrogens is 373 g/mol. The third-order valence-electron chi connectivity index (χ3n) is 5.05. The van der Waals surface area contributed by atoms with Gasteiger partial charge in [-0.25, -0.2) is 0 Å². The predicted octanol–water partition coefficient (Wildman–Crippen LogP) is 3.00. The summed E-state index contributed by atoms with van der Waals surface area (Å²) in [4.78, 5) is 14.8. The van der Waals surface area contributed by atoms with Crippen molar-refractivity contribution in [2.24, 2.45) is 5.73 Å². The maximum Gasteiger partial charge on any atom is 0.253 e. The standard InChI is InChI=1S/C19H29N3O2.2ClH/c20-14-17-8-9-18(24-17)19(23)21-16-6-4-15(5-7-16)10-13-22-11-2-1-3-12-22;;/h4-7,17-18H,1-3,8-14,20H2,(H,21,23);2*1H/t17-,18+;;/m1../s1. The summed E-state index contributed by atoms with van der Waals surface area (Å²) in [6, 6.07) is 8.19. The SMILES string of the molecule is Cl.Cl.NC[C@H]1CC[C@@H](C(=O)Nc2ccc(CCN3CCCCC3)cc2)O1. The Labute approximate surface area is 168 Å². The van der Waals surface area contributed by atoms with Crippen molar-refractivity contribution >= 4 is 36.4 Å². The minimum Gasteiger partial charge on any atom is -0.364 e. The van der Waals surface area contributed by atoms with Crippen LogP contribution in [-0.2, 0) is 16.0 Å². The van der Waals surface area contributed by atoms with E-state index in [0.29, 0.717) is 6.54 Å². The minimum atomic E-state index is -0.364. The van der Waals surface area contributed by atoms with Crippen LogP contribution in [0.15, 0.2) is 24.3 Å². The third-order valence-corrected chi connectivity index (χ3v) is 5.05.